The molecule has 0 bridgehead atoms. The Bertz CT molecular complexity index is 1120. The monoisotopic (exact) mass is 659 g/mol. The van der Waals surface area contributed by atoms with Gasteiger partial charge in [-0.15, -0.1) is 0 Å². The molecule has 0 N–H and O–H groups in total. The predicted octanol–water partition coefficient (Wildman–Crippen LogP) is 14.2. The molecule has 47 heavy (non-hydrogen) atoms. The number of hydrogen-bond acceptors (Lipinski definition) is 2. The van der Waals surface area contributed by atoms with E-state index >= 15 is 0 Å². The number of rotatable bonds is 22. The summed E-state index contributed by atoms with van der Waals surface area (Å²) in [5, 5.41) is 0. The molecular weight excluding hydrogens is 572 g/mol. The maximum absolute atomic E-state index is 12.9. The first-order valence-electron chi connectivity index (χ1n) is 24.0. The lowest BCUT2D eigenvalue weighted by Crippen LogP contribution is -2.51. The summed E-state index contributed by atoms with van der Waals surface area (Å²) in [5.41, 5.74) is 2.07. The van der Waals surface area contributed by atoms with Crippen molar-refractivity contribution in [1.29, 1.82) is 0 Å². The fourth-order valence-corrected chi connectivity index (χ4v) is 11.4. The Hall–Kier alpha value is -0.790. The summed E-state index contributed by atoms with van der Waals surface area (Å²) >= 11 is 0. The van der Waals surface area contributed by atoms with E-state index < -0.39 is 19.6 Å². The van der Waals surface area contributed by atoms with E-state index in [1.807, 2.05) is 0 Å². The second kappa shape index (κ2) is 19.6. The van der Waals surface area contributed by atoms with E-state index in [1.54, 1.807) is 5.57 Å². The molecule has 0 heterocycles. The molecular formula is C45H80O2. The van der Waals surface area contributed by atoms with Gasteiger partial charge in [-0.3, -0.25) is 4.79 Å². The average molecular weight is 659 g/mol. The molecule has 0 amide bonds. The zero-order chi connectivity index (χ0) is 38.7. The highest BCUT2D eigenvalue weighted by molar-refractivity contribution is 5.69. The third kappa shape index (κ3) is 10.8. The van der Waals surface area contributed by atoms with Gasteiger partial charge in [0.2, 0.25) is 0 Å². The minimum atomic E-state index is -2.44. The van der Waals surface area contributed by atoms with Crippen LogP contribution in [0.2, 0.25) is 0 Å². The van der Waals surface area contributed by atoms with E-state index in [0.29, 0.717) is 47.8 Å². The van der Waals surface area contributed by atoms with E-state index in [9.17, 15) is 4.79 Å². The molecule has 4 aliphatic rings. The SMILES string of the molecule is [2H]C([2H])([2H])C(CCC[C@@H](C)[C@H]1CCC2C3CC=C4CC(OC(=O)CCCCCCCCCCCCCCCCC)CC[C@]4(C)C3CC[C@@]21C)C([2H])([2H])[2H]. The first-order chi connectivity index (χ1) is 25.1. The zero-order valence-corrected chi connectivity index (χ0v) is 31.5. The Balaban J connectivity index is 1.14. The lowest BCUT2D eigenvalue weighted by Gasteiger charge is -2.58. The number of esters is 1. The molecule has 0 aliphatic heterocycles. The van der Waals surface area contributed by atoms with Gasteiger partial charge in [-0.2, -0.15) is 0 Å². The summed E-state index contributed by atoms with van der Waals surface area (Å²) < 4.78 is 52.8. The summed E-state index contributed by atoms with van der Waals surface area (Å²) in [6.07, 6.45) is 34.1. The third-order valence-electron chi connectivity index (χ3n) is 14.3. The molecule has 4 unspecified atom stereocenters. The number of carbonyl (C=O) groups excluding carboxylic acids is 1. The Morgan fingerprint density at radius 3 is 2.09 bits per heavy atom. The van der Waals surface area contributed by atoms with Gasteiger partial charge < -0.3 is 4.74 Å². The smallest absolute Gasteiger partial charge is 0.306 e. The Morgan fingerprint density at radius 2 is 1.45 bits per heavy atom. The van der Waals surface area contributed by atoms with Crippen molar-refractivity contribution < 1.29 is 17.8 Å². The molecule has 0 saturated heterocycles. The van der Waals surface area contributed by atoms with Crippen LogP contribution in [0, 0.1) is 46.3 Å². The van der Waals surface area contributed by atoms with Crippen LogP contribution >= 0.6 is 0 Å². The molecule has 4 rings (SSSR count). The quantitative estimate of drug-likeness (QED) is 0.0657. The predicted molar refractivity (Wildman–Crippen MR) is 202 cm³/mol. The van der Waals surface area contributed by atoms with Gasteiger partial charge >= 0.3 is 5.97 Å². The molecule has 0 spiro atoms. The average Bonchev–Trinajstić information content (AvgIpc) is 3.44. The third-order valence-corrected chi connectivity index (χ3v) is 14.3. The molecule has 8 atom stereocenters. The highest BCUT2D eigenvalue weighted by atomic mass is 16.5. The van der Waals surface area contributed by atoms with E-state index in [2.05, 4.69) is 33.8 Å². The highest BCUT2D eigenvalue weighted by Gasteiger charge is 2.59. The minimum absolute atomic E-state index is 0.00877. The molecule has 3 fully saturated rings. The molecule has 272 valence electrons. The number of unbranched alkanes of at least 4 members (excludes halogenated alkanes) is 14. The van der Waals surface area contributed by atoms with E-state index in [-0.39, 0.29) is 23.9 Å². The maximum Gasteiger partial charge on any atom is 0.306 e. The summed E-state index contributed by atoms with van der Waals surface area (Å²) in [6, 6.07) is 0. The fourth-order valence-electron chi connectivity index (χ4n) is 11.4. The number of fused-ring (bicyclic) bond motifs is 5. The second-order valence-corrected chi connectivity index (χ2v) is 17.5. The topological polar surface area (TPSA) is 26.3 Å². The van der Waals surface area contributed by atoms with Gasteiger partial charge in [-0.05, 0) is 97.7 Å². The normalized spacial score (nSPS) is 34.8. The Labute approximate surface area is 302 Å². The van der Waals surface area contributed by atoms with Crippen molar-refractivity contribution in [3.05, 3.63) is 11.6 Å². The van der Waals surface area contributed by atoms with Crippen molar-refractivity contribution in [2.24, 2.45) is 46.3 Å². The van der Waals surface area contributed by atoms with Crippen LogP contribution in [0.5, 0.6) is 0 Å². The van der Waals surface area contributed by atoms with E-state index in [0.717, 1.165) is 44.9 Å². The van der Waals surface area contributed by atoms with E-state index in [1.165, 1.54) is 109 Å². The van der Waals surface area contributed by atoms with Crippen LogP contribution in [-0.2, 0) is 9.53 Å². The molecule has 4 aliphatic carbocycles. The van der Waals surface area contributed by atoms with Crippen LogP contribution in [0.25, 0.3) is 0 Å². The van der Waals surface area contributed by atoms with Crippen LogP contribution in [-0.4, -0.2) is 12.1 Å². The van der Waals surface area contributed by atoms with Crippen LogP contribution in [0.4, 0.5) is 0 Å². The largest absolute Gasteiger partial charge is 0.462 e. The summed E-state index contributed by atoms with van der Waals surface area (Å²) in [4.78, 5) is 12.9. The lowest BCUT2D eigenvalue weighted by molar-refractivity contribution is -0.151. The number of ether oxygens (including phenoxy) is 1. The molecule has 0 aromatic carbocycles. The first kappa shape index (κ1) is 31.0. The summed E-state index contributed by atoms with van der Waals surface area (Å²) in [5.74, 6) is 1.99. The Kier molecular flexibility index (Phi) is 12.9. The van der Waals surface area contributed by atoms with Crippen LogP contribution in [0.1, 0.15) is 223 Å². The molecule has 2 nitrogen and oxygen atoms in total. The van der Waals surface area contributed by atoms with Crippen molar-refractivity contribution in [2.75, 3.05) is 0 Å². The molecule has 0 radical (unpaired) electrons. The number of allylic oxidation sites excluding steroid dienone is 1. The second-order valence-electron chi connectivity index (χ2n) is 17.5. The standard InChI is InChI=1S/C45H80O2/c1-7-8-9-10-11-12-13-14-15-16-17-18-19-20-21-25-43(46)47-38-30-32-44(5)37(34-38)26-27-39-41-29-28-40(36(4)24-22-23-35(2)3)45(41,6)33-31-42(39)44/h26,35-36,38-42H,7-25,27-34H2,1-6H3/t36-,38?,39?,40-,41?,42?,44+,45-/m1/s1/i2D3,3D3. The maximum atomic E-state index is 12.9. The lowest BCUT2D eigenvalue weighted by atomic mass is 9.47. The van der Waals surface area contributed by atoms with Gasteiger partial charge in [0.25, 0.3) is 0 Å². The van der Waals surface area contributed by atoms with Gasteiger partial charge in [0.1, 0.15) is 6.10 Å². The van der Waals surface area contributed by atoms with Gasteiger partial charge in [0.05, 0.1) is 0 Å². The molecule has 3 saturated carbocycles. The van der Waals surface area contributed by atoms with Gasteiger partial charge in [0.15, 0.2) is 0 Å². The Morgan fingerprint density at radius 1 is 0.809 bits per heavy atom. The minimum Gasteiger partial charge on any atom is -0.462 e. The van der Waals surface area contributed by atoms with Crippen LogP contribution < -0.4 is 0 Å². The zero-order valence-electron chi connectivity index (χ0n) is 37.5. The van der Waals surface area contributed by atoms with Gasteiger partial charge in [0, 0.05) is 21.1 Å². The van der Waals surface area contributed by atoms with Crippen molar-refractivity contribution in [3.8, 4) is 0 Å². The van der Waals surface area contributed by atoms with Gasteiger partial charge in [-0.25, -0.2) is 0 Å². The highest BCUT2D eigenvalue weighted by Crippen LogP contribution is 2.67. The summed E-state index contributed by atoms with van der Waals surface area (Å²) in [7, 11) is 0. The van der Waals surface area contributed by atoms with Crippen LogP contribution in [0.3, 0.4) is 0 Å². The van der Waals surface area contributed by atoms with Crippen molar-refractivity contribution >= 4 is 5.97 Å². The van der Waals surface area contributed by atoms with E-state index in [4.69, 9.17) is 13.0 Å². The molecule has 0 aromatic heterocycles. The fraction of sp³-hybridized carbons (Fsp3) is 0.933. The number of carbonyl (C=O) groups is 1. The van der Waals surface area contributed by atoms with Crippen molar-refractivity contribution in [3.63, 3.8) is 0 Å². The first-order valence-corrected chi connectivity index (χ1v) is 21.0. The van der Waals surface area contributed by atoms with Crippen LogP contribution in [0.15, 0.2) is 11.6 Å². The number of hydrogen-bond donors (Lipinski definition) is 0. The summed E-state index contributed by atoms with van der Waals surface area (Å²) in [6.45, 7) is 4.82. The molecule has 0 aromatic rings. The van der Waals surface area contributed by atoms with Crippen molar-refractivity contribution in [2.45, 2.75) is 221 Å². The molecule has 2 heteroatoms. The van der Waals surface area contributed by atoms with Crippen molar-refractivity contribution in [1.82, 2.24) is 0 Å². The van der Waals surface area contributed by atoms with Gasteiger partial charge in [-0.1, -0.05) is 162 Å².